The molecule has 2 aliphatic rings. The first-order valence-corrected chi connectivity index (χ1v) is 9.03. The van der Waals surface area contributed by atoms with Crippen molar-refractivity contribution >= 4 is 11.9 Å². The highest BCUT2D eigenvalue weighted by molar-refractivity contribution is 5.81. The second-order valence-electron chi connectivity index (χ2n) is 7.34. The topological polar surface area (TPSA) is 97.5 Å². The maximum absolute atomic E-state index is 12.3. The Morgan fingerprint density at radius 1 is 1.23 bits per heavy atom. The molecule has 0 bridgehead atoms. The minimum Gasteiger partial charge on any atom is -0.480 e. The number of likely N-dealkylation sites (N-methyl/N-ethyl adjacent to an activating group) is 1. The third-order valence-electron chi connectivity index (χ3n) is 5.66. The predicted molar refractivity (Wildman–Crippen MR) is 93.3 cm³/mol. The molecular formula is C18H27N3O5. The van der Waals surface area contributed by atoms with Gasteiger partial charge < -0.3 is 19.5 Å². The number of carbonyl (C=O) groups excluding carboxylic acids is 1. The third kappa shape index (κ3) is 4.08. The monoisotopic (exact) mass is 365 g/mol. The summed E-state index contributed by atoms with van der Waals surface area (Å²) in [4.78, 5) is 29.4. The maximum Gasteiger partial charge on any atom is 0.323 e. The fourth-order valence-electron chi connectivity index (χ4n) is 4.05. The number of likely N-dealkylation sites (tertiary alicyclic amines) is 1. The normalized spacial score (nSPS) is 25.6. The van der Waals surface area contributed by atoms with Crippen LogP contribution in [0.1, 0.15) is 30.8 Å². The summed E-state index contributed by atoms with van der Waals surface area (Å²) in [6.07, 6.45) is 1.87. The summed E-state index contributed by atoms with van der Waals surface area (Å²) in [5.41, 5.74) is -0.131. The molecule has 3 heterocycles. The van der Waals surface area contributed by atoms with E-state index in [1.54, 1.807) is 6.07 Å². The summed E-state index contributed by atoms with van der Waals surface area (Å²) in [6, 6.07) is 3.68. The average Bonchev–Trinajstić information content (AvgIpc) is 3.00. The first-order valence-electron chi connectivity index (χ1n) is 9.03. The van der Waals surface area contributed by atoms with Crippen molar-refractivity contribution in [1.82, 2.24) is 14.7 Å². The van der Waals surface area contributed by atoms with Gasteiger partial charge in [0.2, 0.25) is 5.91 Å². The first-order chi connectivity index (χ1) is 12.4. The Balaban J connectivity index is 1.68. The summed E-state index contributed by atoms with van der Waals surface area (Å²) < 4.78 is 5.61. The fourth-order valence-corrected chi connectivity index (χ4v) is 4.05. The van der Waals surface area contributed by atoms with Crippen LogP contribution in [0, 0.1) is 0 Å². The van der Waals surface area contributed by atoms with Gasteiger partial charge in [0, 0.05) is 38.1 Å². The molecule has 2 fully saturated rings. The van der Waals surface area contributed by atoms with E-state index in [4.69, 9.17) is 14.6 Å². The van der Waals surface area contributed by atoms with Crippen LogP contribution in [0.5, 0.6) is 0 Å². The summed E-state index contributed by atoms with van der Waals surface area (Å²) in [7, 11) is 2.09. The van der Waals surface area contributed by atoms with Crippen LogP contribution < -0.4 is 0 Å². The van der Waals surface area contributed by atoms with Gasteiger partial charge in [-0.25, -0.2) is 0 Å². The number of aliphatic carboxylic acids is 1. The van der Waals surface area contributed by atoms with Gasteiger partial charge in [0.15, 0.2) is 0 Å². The Bertz CT molecular complexity index is 661. The smallest absolute Gasteiger partial charge is 0.323 e. The van der Waals surface area contributed by atoms with Crippen LogP contribution in [0.15, 0.2) is 16.5 Å². The van der Waals surface area contributed by atoms with Crippen LogP contribution in [-0.4, -0.2) is 82.1 Å². The highest BCUT2D eigenvalue weighted by atomic mass is 16.4. The van der Waals surface area contributed by atoms with Gasteiger partial charge in [-0.15, -0.1) is 0 Å². The number of rotatable bonds is 5. The van der Waals surface area contributed by atoms with Gasteiger partial charge in [0.1, 0.15) is 24.7 Å². The zero-order valence-electron chi connectivity index (χ0n) is 15.2. The molecule has 0 radical (unpaired) electrons. The number of carboxylic acids is 1. The lowest BCUT2D eigenvalue weighted by Crippen LogP contribution is -2.60. The van der Waals surface area contributed by atoms with Crippen molar-refractivity contribution in [2.24, 2.45) is 0 Å². The number of amides is 1. The lowest BCUT2D eigenvalue weighted by atomic mass is 9.86. The molecule has 26 heavy (non-hydrogen) atoms. The standard InChI is InChI=1S/C18H27N3O5/c1-19-8-9-20(10-14-2-3-15(12-22)26-14)13-18(19)5-4-16(23)21(7-6-18)11-17(24)25/h2-3,22H,4-13H2,1H3,(H,24,25). The van der Waals surface area contributed by atoms with Crippen molar-refractivity contribution in [1.29, 1.82) is 0 Å². The molecule has 1 atom stereocenters. The van der Waals surface area contributed by atoms with Crippen molar-refractivity contribution in [3.8, 4) is 0 Å². The molecule has 0 saturated carbocycles. The number of nitrogens with zero attached hydrogens (tertiary/aromatic N) is 3. The minimum absolute atomic E-state index is 0.0755. The number of carbonyl (C=O) groups is 2. The fraction of sp³-hybridized carbons (Fsp3) is 0.667. The molecule has 1 aromatic rings. The number of hydrogen-bond donors (Lipinski definition) is 2. The molecule has 1 unspecified atom stereocenters. The van der Waals surface area contributed by atoms with Gasteiger partial charge in [0.05, 0.1) is 6.54 Å². The molecule has 8 nitrogen and oxygen atoms in total. The SMILES string of the molecule is CN1CCN(Cc2ccc(CO)o2)CC12CCC(=O)N(CC(=O)O)CC2. The van der Waals surface area contributed by atoms with Crippen LogP contribution in [0.4, 0.5) is 0 Å². The molecule has 2 saturated heterocycles. The first kappa shape index (κ1) is 18.9. The van der Waals surface area contributed by atoms with Crippen molar-refractivity contribution < 1.29 is 24.2 Å². The number of aliphatic hydroxyl groups excluding tert-OH is 1. The van der Waals surface area contributed by atoms with Crippen LogP contribution in [0.3, 0.4) is 0 Å². The molecule has 2 N–H and O–H groups in total. The number of furan rings is 1. The average molecular weight is 365 g/mol. The van der Waals surface area contributed by atoms with Crippen LogP contribution in [0.2, 0.25) is 0 Å². The van der Waals surface area contributed by atoms with Crippen molar-refractivity contribution in [3.05, 3.63) is 23.7 Å². The van der Waals surface area contributed by atoms with Gasteiger partial charge in [-0.2, -0.15) is 0 Å². The Morgan fingerprint density at radius 2 is 2.00 bits per heavy atom. The van der Waals surface area contributed by atoms with Crippen molar-refractivity contribution in [2.45, 2.75) is 38.0 Å². The van der Waals surface area contributed by atoms with E-state index in [1.807, 2.05) is 6.07 Å². The molecular weight excluding hydrogens is 338 g/mol. The molecule has 2 aliphatic heterocycles. The molecule has 1 aromatic heterocycles. The zero-order chi connectivity index (χ0) is 18.7. The molecule has 1 spiro atoms. The molecule has 8 heteroatoms. The highest BCUT2D eigenvalue weighted by Gasteiger charge is 2.42. The van der Waals surface area contributed by atoms with Gasteiger partial charge in [-0.3, -0.25) is 19.4 Å². The van der Waals surface area contributed by atoms with E-state index in [-0.39, 0.29) is 24.6 Å². The van der Waals surface area contributed by atoms with E-state index < -0.39 is 5.97 Å². The lowest BCUT2D eigenvalue weighted by Gasteiger charge is -2.49. The van der Waals surface area contributed by atoms with Crippen LogP contribution >= 0.6 is 0 Å². The molecule has 0 aromatic carbocycles. The quantitative estimate of drug-likeness (QED) is 0.777. The summed E-state index contributed by atoms with van der Waals surface area (Å²) >= 11 is 0. The van der Waals surface area contributed by atoms with E-state index in [2.05, 4.69) is 16.8 Å². The van der Waals surface area contributed by atoms with Gasteiger partial charge in [-0.1, -0.05) is 0 Å². The lowest BCUT2D eigenvalue weighted by molar-refractivity contribution is -0.144. The highest BCUT2D eigenvalue weighted by Crippen LogP contribution is 2.32. The Morgan fingerprint density at radius 3 is 2.69 bits per heavy atom. The summed E-state index contributed by atoms with van der Waals surface area (Å²) in [6.45, 7) is 3.42. The second-order valence-corrected chi connectivity index (χ2v) is 7.34. The molecule has 1 amide bonds. The maximum atomic E-state index is 12.3. The second kappa shape index (κ2) is 7.77. The van der Waals surface area contributed by atoms with E-state index in [0.717, 1.165) is 38.2 Å². The predicted octanol–water partition coefficient (Wildman–Crippen LogP) is 0.355. The van der Waals surface area contributed by atoms with Gasteiger partial charge >= 0.3 is 5.97 Å². The minimum atomic E-state index is -0.967. The van der Waals surface area contributed by atoms with E-state index >= 15 is 0 Å². The largest absolute Gasteiger partial charge is 0.480 e. The zero-order valence-corrected chi connectivity index (χ0v) is 15.2. The Kier molecular flexibility index (Phi) is 5.64. The Labute approximate surface area is 153 Å². The van der Waals surface area contributed by atoms with Crippen molar-refractivity contribution in [3.63, 3.8) is 0 Å². The third-order valence-corrected chi connectivity index (χ3v) is 5.66. The van der Waals surface area contributed by atoms with E-state index in [9.17, 15) is 9.59 Å². The molecule has 144 valence electrons. The summed E-state index contributed by atoms with van der Waals surface area (Å²) in [5.74, 6) is 0.345. The number of aliphatic hydroxyl groups is 1. The van der Waals surface area contributed by atoms with Crippen LogP contribution in [-0.2, 0) is 22.7 Å². The molecule has 0 aliphatic carbocycles. The molecule has 3 rings (SSSR count). The number of carboxylic acid groups (broad SMARTS) is 1. The van der Waals surface area contributed by atoms with Gasteiger partial charge in [-0.05, 0) is 32.0 Å². The van der Waals surface area contributed by atoms with Crippen molar-refractivity contribution in [2.75, 3.05) is 39.8 Å². The van der Waals surface area contributed by atoms with E-state index in [1.165, 1.54) is 4.90 Å². The number of hydrogen-bond acceptors (Lipinski definition) is 6. The number of piperazine rings is 1. The Hall–Kier alpha value is -1.90. The van der Waals surface area contributed by atoms with Gasteiger partial charge in [0.25, 0.3) is 0 Å². The van der Waals surface area contributed by atoms with Crippen LogP contribution in [0.25, 0.3) is 0 Å². The summed E-state index contributed by atoms with van der Waals surface area (Å²) in [5, 5.41) is 18.2. The van der Waals surface area contributed by atoms with E-state index in [0.29, 0.717) is 25.3 Å².